The van der Waals surface area contributed by atoms with E-state index in [2.05, 4.69) is 22.6 Å². The number of fused-ring (bicyclic) bond motifs is 1. The number of hydrogen-bond donors (Lipinski definition) is 2. The first-order valence-electron chi connectivity index (χ1n) is 11.2. The number of carboxylic acids is 1. The number of aromatic carboxylic acids is 1. The van der Waals surface area contributed by atoms with Gasteiger partial charge in [0.25, 0.3) is 0 Å². The van der Waals surface area contributed by atoms with E-state index >= 15 is 0 Å². The number of Topliss-reactive ketones (excluding diaryl/α,β-unsaturated/α-hetero) is 2. The van der Waals surface area contributed by atoms with E-state index in [9.17, 15) is 24.6 Å². The largest absolute Gasteiger partial charge is 0.507 e. The number of carboxylic acid groups (broad SMARTS) is 1. The Morgan fingerprint density at radius 3 is 2.34 bits per heavy atom. The highest BCUT2D eigenvalue weighted by atomic mass is 127. The van der Waals surface area contributed by atoms with E-state index in [1.807, 2.05) is 54.0 Å². The molecule has 0 bridgehead atoms. The smallest absolute Gasteiger partial charge is 0.339 e. The fraction of sp³-hybridized carbons (Fsp3) is 0.179. The van der Waals surface area contributed by atoms with E-state index in [0.29, 0.717) is 34.1 Å². The Bertz CT molecular complexity index is 1480. The van der Waals surface area contributed by atoms with Gasteiger partial charge in [-0.25, -0.2) is 4.79 Å². The maximum atomic E-state index is 13.6. The van der Waals surface area contributed by atoms with Gasteiger partial charge < -0.3 is 14.8 Å². The molecular formula is C28H24INO5. The van der Waals surface area contributed by atoms with Crippen molar-refractivity contribution in [2.75, 3.05) is 0 Å². The molecule has 1 aromatic heterocycles. The maximum Gasteiger partial charge on any atom is 0.339 e. The molecule has 0 fully saturated rings. The molecule has 0 saturated heterocycles. The summed E-state index contributed by atoms with van der Waals surface area (Å²) >= 11 is 2.16. The molecule has 0 aliphatic heterocycles. The van der Waals surface area contributed by atoms with Crippen molar-refractivity contribution in [3.05, 3.63) is 86.5 Å². The van der Waals surface area contributed by atoms with Crippen molar-refractivity contribution >= 4 is 51.0 Å². The predicted octanol–water partition coefficient (Wildman–Crippen LogP) is 6.40. The SMILES string of the molecule is Cc1ccccc1-c1c(C(=O)CCCC(=O)c2cccc(I)c2)c2cc(C(=O)O)c(O)cc2n1C. The standard InChI is InChI=1S/C28H24INO5/c1-16-7-3-4-10-19(16)27-26(20-14-21(28(34)35)25(33)15-22(20)30(27)2)24(32)12-6-11-23(31)17-8-5-9-18(29)13-17/h3-5,7-10,13-15,33H,6,11-12H2,1-2H3,(H,34,35). The number of aromatic nitrogens is 1. The van der Waals surface area contributed by atoms with Gasteiger partial charge in [0.15, 0.2) is 11.6 Å². The molecule has 0 aliphatic carbocycles. The van der Waals surface area contributed by atoms with Crippen LogP contribution in [0.5, 0.6) is 5.75 Å². The van der Waals surface area contributed by atoms with Gasteiger partial charge in [0.05, 0.1) is 16.8 Å². The zero-order valence-corrected chi connectivity index (χ0v) is 21.5. The topological polar surface area (TPSA) is 96.6 Å². The molecule has 3 aromatic carbocycles. The number of ketones is 2. The molecule has 0 radical (unpaired) electrons. The lowest BCUT2D eigenvalue weighted by molar-refractivity contribution is 0.0693. The van der Waals surface area contributed by atoms with Crippen molar-refractivity contribution in [2.45, 2.75) is 26.2 Å². The van der Waals surface area contributed by atoms with Crippen LogP contribution in [0, 0.1) is 10.5 Å². The molecule has 0 aliphatic rings. The Morgan fingerprint density at radius 1 is 0.943 bits per heavy atom. The van der Waals surface area contributed by atoms with Crippen LogP contribution in [0.15, 0.2) is 60.7 Å². The molecule has 35 heavy (non-hydrogen) atoms. The van der Waals surface area contributed by atoms with Crippen molar-refractivity contribution in [3.8, 4) is 17.0 Å². The van der Waals surface area contributed by atoms with Crippen molar-refractivity contribution < 1.29 is 24.6 Å². The fourth-order valence-electron chi connectivity index (χ4n) is 4.42. The summed E-state index contributed by atoms with van der Waals surface area (Å²) in [5.41, 5.74) is 3.79. The van der Waals surface area contributed by atoms with E-state index < -0.39 is 5.97 Å². The summed E-state index contributed by atoms with van der Waals surface area (Å²) < 4.78 is 2.79. The average molecular weight is 581 g/mol. The predicted molar refractivity (Wildman–Crippen MR) is 143 cm³/mol. The van der Waals surface area contributed by atoms with Crippen molar-refractivity contribution in [3.63, 3.8) is 0 Å². The Balaban J connectivity index is 1.74. The third-order valence-electron chi connectivity index (χ3n) is 6.18. The van der Waals surface area contributed by atoms with Gasteiger partial charge >= 0.3 is 5.97 Å². The van der Waals surface area contributed by atoms with E-state index in [4.69, 9.17) is 0 Å². The quantitative estimate of drug-likeness (QED) is 0.186. The van der Waals surface area contributed by atoms with Gasteiger partial charge in [-0.15, -0.1) is 0 Å². The number of rotatable bonds is 8. The van der Waals surface area contributed by atoms with Gasteiger partial charge in [-0.3, -0.25) is 9.59 Å². The number of aryl methyl sites for hydroxylation is 2. The number of carbonyl (C=O) groups is 3. The van der Waals surface area contributed by atoms with Crippen LogP contribution in [0.4, 0.5) is 0 Å². The molecule has 2 N–H and O–H groups in total. The van der Waals surface area contributed by atoms with E-state index in [0.717, 1.165) is 14.7 Å². The first-order valence-corrected chi connectivity index (χ1v) is 12.2. The lowest BCUT2D eigenvalue weighted by Crippen LogP contribution is -2.05. The zero-order chi connectivity index (χ0) is 25.3. The van der Waals surface area contributed by atoms with Crippen molar-refractivity contribution in [1.29, 1.82) is 0 Å². The number of carbonyl (C=O) groups excluding carboxylic acids is 2. The molecular weight excluding hydrogens is 557 g/mol. The molecule has 0 unspecified atom stereocenters. The molecule has 0 saturated carbocycles. The van der Waals surface area contributed by atoms with Gasteiger partial charge in [-0.05, 0) is 59.7 Å². The number of halogens is 1. The highest BCUT2D eigenvalue weighted by Gasteiger charge is 2.25. The Labute approximate surface area is 216 Å². The number of aromatic hydroxyl groups is 1. The normalized spacial score (nSPS) is 11.1. The lowest BCUT2D eigenvalue weighted by atomic mass is 9.95. The molecule has 4 aromatic rings. The second kappa shape index (κ2) is 10.0. The van der Waals surface area contributed by atoms with Gasteiger partial charge in [0.2, 0.25) is 0 Å². The number of phenols is 1. The molecule has 1 heterocycles. The van der Waals surface area contributed by atoms with E-state index in [-0.39, 0.29) is 35.7 Å². The summed E-state index contributed by atoms with van der Waals surface area (Å²) in [6.45, 7) is 1.95. The second-order valence-corrected chi connectivity index (χ2v) is 9.75. The minimum atomic E-state index is -1.27. The molecule has 0 amide bonds. The van der Waals surface area contributed by atoms with Crippen LogP contribution in [0.3, 0.4) is 0 Å². The third kappa shape index (κ3) is 4.86. The van der Waals surface area contributed by atoms with Gasteiger partial charge in [0.1, 0.15) is 11.3 Å². The number of nitrogens with zero attached hydrogens (tertiary/aromatic N) is 1. The van der Waals surface area contributed by atoms with Gasteiger partial charge in [-0.2, -0.15) is 0 Å². The molecule has 0 atom stereocenters. The zero-order valence-electron chi connectivity index (χ0n) is 19.3. The summed E-state index contributed by atoms with van der Waals surface area (Å²) in [6, 6.07) is 17.7. The summed E-state index contributed by atoms with van der Waals surface area (Å²) in [6.07, 6.45) is 0.741. The first-order chi connectivity index (χ1) is 16.7. The monoisotopic (exact) mass is 581 g/mol. The Kier molecular flexibility index (Phi) is 7.07. The van der Waals surface area contributed by atoms with Crippen LogP contribution < -0.4 is 0 Å². The highest BCUT2D eigenvalue weighted by Crippen LogP contribution is 2.38. The average Bonchev–Trinajstić information content (AvgIpc) is 3.10. The summed E-state index contributed by atoms with van der Waals surface area (Å²) in [5.74, 6) is -1.83. The van der Waals surface area contributed by atoms with Crippen LogP contribution in [0.1, 0.15) is 55.9 Å². The number of hydrogen-bond acceptors (Lipinski definition) is 4. The number of benzene rings is 3. The Morgan fingerprint density at radius 2 is 1.66 bits per heavy atom. The van der Waals surface area contributed by atoms with Crippen LogP contribution in [0.2, 0.25) is 0 Å². The summed E-state index contributed by atoms with van der Waals surface area (Å²) in [5, 5.41) is 20.3. The molecule has 6 nitrogen and oxygen atoms in total. The molecule has 7 heteroatoms. The molecule has 4 rings (SSSR count). The van der Waals surface area contributed by atoms with Crippen LogP contribution >= 0.6 is 22.6 Å². The fourth-order valence-corrected chi connectivity index (χ4v) is 4.96. The van der Waals surface area contributed by atoms with Crippen LogP contribution in [-0.4, -0.2) is 32.3 Å². The summed E-state index contributed by atoms with van der Waals surface area (Å²) in [7, 11) is 1.79. The van der Waals surface area contributed by atoms with Crippen LogP contribution in [0.25, 0.3) is 22.2 Å². The van der Waals surface area contributed by atoms with Crippen molar-refractivity contribution in [2.24, 2.45) is 7.05 Å². The Hall–Kier alpha value is -3.46. The lowest BCUT2D eigenvalue weighted by Gasteiger charge is -2.11. The van der Waals surface area contributed by atoms with Gasteiger partial charge in [0, 0.05) is 46.0 Å². The van der Waals surface area contributed by atoms with Crippen molar-refractivity contribution in [1.82, 2.24) is 4.57 Å². The first kappa shape index (κ1) is 24.7. The van der Waals surface area contributed by atoms with E-state index in [1.54, 1.807) is 13.1 Å². The third-order valence-corrected chi connectivity index (χ3v) is 6.85. The highest BCUT2D eigenvalue weighted by molar-refractivity contribution is 14.1. The van der Waals surface area contributed by atoms with Crippen LogP contribution in [-0.2, 0) is 7.05 Å². The maximum absolute atomic E-state index is 13.6. The minimum absolute atomic E-state index is 0.0218. The van der Waals surface area contributed by atoms with E-state index in [1.165, 1.54) is 12.1 Å². The minimum Gasteiger partial charge on any atom is -0.507 e. The summed E-state index contributed by atoms with van der Waals surface area (Å²) in [4.78, 5) is 37.9. The van der Waals surface area contributed by atoms with Gasteiger partial charge in [-0.1, -0.05) is 36.4 Å². The second-order valence-electron chi connectivity index (χ2n) is 8.50. The molecule has 0 spiro atoms. The molecule has 178 valence electrons.